The summed E-state index contributed by atoms with van der Waals surface area (Å²) in [5.41, 5.74) is 0. The van der Waals surface area contributed by atoms with Crippen molar-refractivity contribution in [1.82, 2.24) is 0 Å². The van der Waals surface area contributed by atoms with Crippen molar-refractivity contribution < 1.29 is 0 Å². The van der Waals surface area contributed by atoms with E-state index in [-0.39, 0.29) is 0 Å². The normalized spacial score (nSPS) is 69.8. The molecule has 2 spiro atoms. The summed E-state index contributed by atoms with van der Waals surface area (Å²) in [7, 11) is 0. The van der Waals surface area contributed by atoms with Gasteiger partial charge in [0.1, 0.15) is 0 Å². The second-order valence-corrected chi connectivity index (χ2v) is 23.0. The van der Waals surface area contributed by atoms with E-state index in [0.29, 0.717) is 30.9 Å². The fraction of sp³-hybridized carbons (Fsp3) is 1.00. The zero-order chi connectivity index (χ0) is 14.1. The van der Waals surface area contributed by atoms with Crippen LogP contribution in [-0.4, -0.2) is 30.9 Å². The Labute approximate surface area is 148 Å². The van der Waals surface area contributed by atoms with Crippen molar-refractivity contribution in [2.24, 2.45) is 47.3 Å². The van der Waals surface area contributed by atoms with E-state index >= 15 is 0 Å². The van der Waals surface area contributed by atoms with E-state index in [4.69, 9.17) is 0 Å². The first kappa shape index (κ1) is 13.3. The molecule has 0 unspecified atom stereocenters. The molecule has 116 valence electrons. The molecule has 2 heteroatoms. The standard InChI is InChI=1S/C20H28Ge2/c1-11-3-15-5-12(1)6-16(4-11)19(15)21-20(22-19)17-7-13-2-14(9-17)10-18(20)8-13/h11-18H,1-10H2. The van der Waals surface area contributed by atoms with Gasteiger partial charge in [-0.3, -0.25) is 0 Å². The fourth-order valence-corrected chi connectivity index (χ4v) is 27.3. The molecule has 9 fully saturated rings. The molecule has 9 rings (SSSR count). The fourth-order valence-electron chi connectivity index (χ4n) is 9.36. The van der Waals surface area contributed by atoms with Gasteiger partial charge in [-0.2, -0.15) is 0 Å². The maximum absolute atomic E-state index is 1.72. The zero-order valence-electron chi connectivity index (χ0n) is 13.7. The van der Waals surface area contributed by atoms with Crippen LogP contribution in [0.2, 0.25) is 6.16 Å². The molecule has 1 aliphatic heterocycles. The summed E-state index contributed by atoms with van der Waals surface area (Å²) < 4.78 is 2.28. The quantitative estimate of drug-likeness (QED) is 0.511. The SMILES string of the molecule is C1C2CC3CC1CC(C2)[C]31[Ge][C]2([Ge]1)C1CC3CC(C1)CC2C3. The van der Waals surface area contributed by atoms with Crippen molar-refractivity contribution in [2.75, 3.05) is 0 Å². The minimum absolute atomic E-state index is 0.396. The Balaban J connectivity index is 1.24. The Morgan fingerprint density at radius 3 is 0.955 bits per heavy atom. The second kappa shape index (κ2) is 4.08. The van der Waals surface area contributed by atoms with Crippen molar-refractivity contribution in [1.29, 1.82) is 0 Å². The molecule has 22 heavy (non-hydrogen) atoms. The predicted molar refractivity (Wildman–Crippen MR) is 91.0 cm³/mol. The van der Waals surface area contributed by atoms with E-state index in [9.17, 15) is 0 Å². The van der Waals surface area contributed by atoms with Gasteiger partial charge in [0, 0.05) is 0 Å². The molecule has 1 heterocycles. The molecular formula is C20H28Ge2. The summed E-state index contributed by atoms with van der Waals surface area (Å²) >= 11 is 0.791. The van der Waals surface area contributed by atoms with Crippen LogP contribution in [0.1, 0.15) is 64.2 Å². The summed E-state index contributed by atoms with van der Waals surface area (Å²) in [6.45, 7) is 0. The number of hydrogen-bond acceptors (Lipinski definition) is 0. The Morgan fingerprint density at radius 2 is 0.682 bits per heavy atom. The molecule has 0 N–H and O–H groups in total. The first-order valence-electron chi connectivity index (χ1n) is 10.3. The van der Waals surface area contributed by atoms with Gasteiger partial charge in [0.05, 0.1) is 0 Å². The second-order valence-electron chi connectivity index (χ2n) is 10.6. The van der Waals surface area contributed by atoms with Crippen LogP contribution in [0, 0.1) is 47.3 Å². The van der Waals surface area contributed by atoms with Crippen LogP contribution in [0.25, 0.3) is 0 Å². The van der Waals surface area contributed by atoms with Crippen LogP contribution in [-0.2, 0) is 0 Å². The van der Waals surface area contributed by atoms with Gasteiger partial charge in [0.15, 0.2) is 0 Å². The molecule has 8 bridgehead atoms. The summed E-state index contributed by atoms with van der Waals surface area (Å²) in [6, 6.07) is 0. The molecule has 1 saturated heterocycles. The Hall–Kier alpha value is 1.09. The summed E-state index contributed by atoms with van der Waals surface area (Å²) in [5, 5.41) is 0. The van der Waals surface area contributed by atoms with E-state index in [1.807, 2.05) is 0 Å². The van der Waals surface area contributed by atoms with Crippen molar-refractivity contribution >= 4 is 30.9 Å². The van der Waals surface area contributed by atoms with Gasteiger partial charge in [0.25, 0.3) is 0 Å². The van der Waals surface area contributed by atoms with Crippen molar-refractivity contribution in [2.45, 2.75) is 70.4 Å². The molecule has 0 amide bonds. The van der Waals surface area contributed by atoms with Crippen LogP contribution >= 0.6 is 0 Å². The zero-order valence-corrected chi connectivity index (χ0v) is 17.9. The van der Waals surface area contributed by atoms with Crippen molar-refractivity contribution in [3.63, 3.8) is 0 Å². The monoisotopic (exact) mass is 416 g/mol. The maximum atomic E-state index is 1.72. The molecule has 0 aromatic rings. The van der Waals surface area contributed by atoms with Gasteiger partial charge in [-0.15, -0.1) is 0 Å². The molecule has 9 aliphatic rings. The third-order valence-electron chi connectivity index (χ3n) is 9.68. The molecule has 0 nitrogen and oxygen atoms in total. The molecule has 0 aromatic heterocycles. The number of rotatable bonds is 0. The molecule has 8 aliphatic carbocycles. The molecular weight excluding hydrogens is 385 g/mol. The first-order valence-corrected chi connectivity index (χ1v) is 14.5. The van der Waals surface area contributed by atoms with E-state index in [1.165, 1.54) is 47.3 Å². The van der Waals surface area contributed by atoms with Gasteiger partial charge >= 0.3 is 149 Å². The van der Waals surface area contributed by atoms with Crippen LogP contribution in [0.15, 0.2) is 0 Å². The average molecular weight is 414 g/mol. The Kier molecular flexibility index (Phi) is 2.47. The van der Waals surface area contributed by atoms with Gasteiger partial charge in [-0.25, -0.2) is 0 Å². The van der Waals surface area contributed by atoms with Gasteiger partial charge in [0.2, 0.25) is 0 Å². The van der Waals surface area contributed by atoms with E-state index in [2.05, 4.69) is 0 Å². The van der Waals surface area contributed by atoms with Crippen LogP contribution < -0.4 is 0 Å². The van der Waals surface area contributed by atoms with Gasteiger partial charge < -0.3 is 0 Å². The van der Waals surface area contributed by atoms with Crippen molar-refractivity contribution in [3.8, 4) is 0 Å². The van der Waals surface area contributed by atoms with E-state index in [1.54, 1.807) is 64.2 Å². The molecule has 8 saturated carbocycles. The average Bonchev–Trinajstić information content (AvgIpc) is 2.43. The summed E-state index contributed by atoms with van der Waals surface area (Å²) in [5.74, 6) is 10.0. The number of hydrogen-bond donors (Lipinski definition) is 0. The summed E-state index contributed by atoms with van der Waals surface area (Å²) in [4.78, 5) is 0. The minimum atomic E-state index is 0.396. The molecule has 0 aromatic carbocycles. The van der Waals surface area contributed by atoms with Gasteiger partial charge in [-0.05, 0) is 0 Å². The van der Waals surface area contributed by atoms with Crippen molar-refractivity contribution in [3.05, 3.63) is 0 Å². The molecule has 0 atom stereocenters. The van der Waals surface area contributed by atoms with Gasteiger partial charge in [-0.1, -0.05) is 0 Å². The predicted octanol–water partition coefficient (Wildman–Crippen LogP) is 4.55. The van der Waals surface area contributed by atoms with E-state index in [0.717, 1.165) is 6.16 Å². The Morgan fingerprint density at radius 1 is 0.409 bits per heavy atom. The third kappa shape index (κ3) is 1.43. The third-order valence-corrected chi connectivity index (χ3v) is 25.5. The summed E-state index contributed by atoms with van der Waals surface area (Å²) in [6.07, 6.45) is 17.1. The van der Waals surface area contributed by atoms with Crippen LogP contribution in [0.3, 0.4) is 0 Å². The van der Waals surface area contributed by atoms with E-state index < -0.39 is 0 Å². The first-order chi connectivity index (χ1) is 10.7. The Bertz CT molecular complexity index is 426. The van der Waals surface area contributed by atoms with Crippen LogP contribution in [0.4, 0.5) is 0 Å². The van der Waals surface area contributed by atoms with Crippen LogP contribution in [0.5, 0.6) is 0 Å². The molecule has 4 radical (unpaired) electrons. The topological polar surface area (TPSA) is 0 Å².